The molecule has 0 aromatic heterocycles. The number of hydrogen-bond donors (Lipinski definition) is 0. The molecular formula is C31H25NO2. The van der Waals surface area contributed by atoms with Crippen LogP contribution >= 0.6 is 0 Å². The quantitative estimate of drug-likeness (QED) is 0.278. The van der Waals surface area contributed by atoms with Gasteiger partial charge in [-0.25, -0.2) is 0 Å². The highest BCUT2D eigenvalue weighted by atomic mass is 16.7. The largest absolute Gasteiger partial charge is 0.449 e. The number of ether oxygens (including phenoxy) is 2. The first-order chi connectivity index (χ1) is 16.6. The van der Waals surface area contributed by atoms with Crippen molar-refractivity contribution in [3.8, 4) is 22.6 Å². The normalized spacial score (nSPS) is 13.7. The molecule has 0 unspecified atom stereocenters. The molecule has 0 spiro atoms. The van der Waals surface area contributed by atoms with E-state index in [1.165, 1.54) is 10.8 Å². The lowest BCUT2D eigenvalue weighted by atomic mass is 9.96. The summed E-state index contributed by atoms with van der Waals surface area (Å²) in [4.78, 5) is 2.31. The van der Waals surface area contributed by atoms with Crippen LogP contribution in [0.1, 0.15) is 13.8 Å². The van der Waals surface area contributed by atoms with Gasteiger partial charge in [-0.15, -0.1) is 0 Å². The van der Waals surface area contributed by atoms with Crippen molar-refractivity contribution < 1.29 is 9.47 Å². The number of anilines is 3. The Morgan fingerprint density at radius 1 is 0.559 bits per heavy atom. The molecule has 0 aliphatic carbocycles. The molecule has 3 nitrogen and oxygen atoms in total. The fourth-order valence-corrected chi connectivity index (χ4v) is 4.70. The lowest BCUT2D eigenvalue weighted by molar-refractivity contribution is -0.0431. The highest BCUT2D eigenvalue weighted by molar-refractivity contribution is 6.06. The van der Waals surface area contributed by atoms with Gasteiger partial charge in [-0.05, 0) is 59.0 Å². The standard InChI is InChI=1S/C31H25NO2/c1-31(2)33-29-20-17-22(21-30(29)34-31)25-18-19-28(27-16-10-9-15-26(25)27)32(23-11-5-3-6-12-23)24-13-7-4-8-14-24/h3-21H,1-2H3. The molecule has 5 aromatic rings. The first-order valence-electron chi connectivity index (χ1n) is 11.5. The molecule has 5 aromatic carbocycles. The molecule has 0 amide bonds. The lowest BCUT2D eigenvalue weighted by Crippen LogP contribution is -2.29. The van der Waals surface area contributed by atoms with Crippen molar-refractivity contribution in [2.75, 3.05) is 4.90 Å². The Labute approximate surface area is 199 Å². The zero-order valence-corrected chi connectivity index (χ0v) is 19.2. The van der Waals surface area contributed by atoms with Crippen LogP contribution in [0.3, 0.4) is 0 Å². The van der Waals surface area contributed by atoms with Crippen LogP contribution in [0.15, 0.2) is 115 Å². The summed E-state index contributed by atoms with van der Waals surface area (Å²) < 4.78 is 11.9. The van der Waals surface area contributed by atoms with Crippen molar-refractivity contribution in [2.24, 2.45) is 0 Å². The minimum absolute atomic E-state index is 0.640. The molecule has 6 rings (SSSR count). The Balaban J connectivity index is 1.53. The van der Waals surface area contributed by atoms with Gasteiger partial charge in [-0.1, -0.05) is 72.8 Å². The van der Waals surface area contributed by atoms with Gasteiger partial charge in [0.15, 0.2) is 11.5 Å². The maximum absolute atomic E-state index is 6.02. The SMILES string of the molecule is CC1(C)Oc2ccc(-c3ccc(N(c4ccccc4)c4ccccc4)c4ccccc34)cc2O1. The second kappa shape index (κ2) is 7.96. The Morgan fingerprint density at radius 3 is 1.82 bits per heavy atom. The average Bonchev–Trinajstić information content (AvgIpc) is 3.18. The number of para-hydroxylation sites is 2. The van der Waals surface area contributed by atoms with Gasteiger partial charge >= 0.3 is 0 Å². The topological polar surface area (TPSA) is 21.7 Å². The van der Waals surface area contributed by atoms with Gasteiger partial charge < -0.3 is 14.4 Å². The van der Waals surface area contributed by atoms with E-state index in [1.54, 1.807) is 0 Å². The van der Waals surface area contributed by atoms with Gasteiger partial charge in [0.2, 0.25) is 5.79 Å². The van der Waals surface area contributed by atoms with Crippen LogP contribution in [0.5, 0.6) is 11.5 Å². The van der Waals surface area contributed by atoms with E-state index in [4.69, 9.17) is 9.47 Å². The first-order valence-corrected chi connectivity index (χ1v) is 11.5. The van der Waals surface area contributed by atoms with Crippen molar-refractivity contribution >= 4 is 27.8 Å². The van der Waals surface area contributed by atoms with Gasteiger partial charge in [-0.3, -0.25) is 0 Å². The summed E-state index contributed by atoms with van der Waals surface area (Å²) in [7, 11) is 0. The molecular weight excluding hydrogens is 418 g/mol. The molecule has 0 saturated carbocycles. The maximum atomic E-state index is 6.02. The van der Waals surface area contributed by atoms with E-state index in [1.807, 2.05) is 19.9 Å². The van der Waals surface area contributed by atoms with Crippen molar-refractivity contribution in [1.29, 1.82) is 0 Å². The van der Waals surface area contributed by atoms with Crippen LogP contribution in [-0.2, 0) is 0 Å². The van der Waals surface area contributed by atoms with Gasteiger partial charge in [0.05, 0.1) is 5.69 Å². The molecule has 0 bridgehead atoms. The molecule has 0 N–H and O–H groups in total. The second-order valence-corrected chi connectivity index (χ2v) is 8.95. The van der Waals surface area contributed by atoms with Gasteiger partial charge in [0.1, 0.15) is 0 Å². The fourth-order valence-electron chi connectivity index (χ4n) is 4.70. The highest BCUT2D eigenvalue weighted by Crippen LogP contribution is 2.45. The third-order valence-corrected chi connectivity index (χ3v) is 6.14. The average molecular weight is 444 g/mol. The molecule has 0 atom stereocenters. The van der Waals surface area contributed by atoms with Crippen LogP contribution < -0.4 is 14.4 Å². The molecule has 0 fully saturated rings. The van der Waals surface area contributed by atoms with Crippen LogP contribution in [0.25, 0.3) is 21.9 Å². The fraction of sp³-hybridized carbons (Fsp3) is 0.0968. The molecule has 0 radical (unpaired) electrons. The third-order valence-electron chi connectivity index (χ3n) is 6.14. The number of hydrogen-bond acceptors (Lipinski definition) is 3. The van der Waals surface area contributed by atoms with Gasteiger partial charge in [0.25, 0.3) is 0 Å². The van der Waals surface area contributed by atoms with Crippen LogP contribution in [0.2, 0.25) is 0 Å². The van der Waals surface area contributed by atoms with E-state index in [9.17, 15) is 0 Å². The van der Waals surface area contributed by atoms with Crippen LogP contribution in [-0.4, -0.2) is 5.79 Å². The predicted octanol–water partition coefficient (Wildman–Crippen LogP) is 8.48. The van der Waals surface area contributed by atoms with Crippen molar-refractivity contribution in [3.05, 3.63) is 115 Å². The van der Waals surface area contributed by atoms with Crippen LogP contribution in [0, 0.1) is 0 Å². The lowest BCUT2D eigenvalue weighted by Gasteiger charge is -2.27. The molecule has 166 valence electrons. The van der Waals surface area contributed by atoms with Crippen molar-refractivity contribution in [2.45, 2.75) is 19.6 Å². The third kappa shape index (κ3) is 3.56. The number of rotatable bonds is 4. The smallest absolute Gasteiger partial charge is 0.246 e. The van der Waals surface area contributed by atoms with Crippen molar-refractivity contribution in [1.82, 2.24) is 0 Å². The summed E-state index contributed by atoms with van der Waals surface area (Å²) in [6, 6.07) is 40.2. The molecule has 1 aliphatic heterocycles. The molecule has 1 heterocycles. The molecule has 34 heavy (non-hydrogen) atoms. The minimum atomic E-state index is -0.640. The predicted molar refractivity (Wildman–Crippen MR) is 139 cm³/mol. The summed E-state index contributed by atoms with van der Waals surface area (Å²) in [6.07, 6.45) is 0. The summed E-state index contributed by atoms with van der Waals surface area (Å²) in [5, 5.41) is 2.38. The maximum Gasteiger partial charge on any atom is 0.246 e. The van der Waals surface area contributed by atoms with E-state index in [-0.39, 0.29) is 0 Å². The number of fused-ring (bicyclic) bond motifs is 2. The highest BCUT2D eigenvalue weighted by Gasteiger charge is 2.31. The summed E-state index contributed by atoms with van der Waals surface area (Å²) >= 11 is 0. The second-order valence-electron chi connectivity index (χ2n) is 8.95. The molecule has 1 aliphatic rings. The molecule has 3 heteroatoms. The Morgan fingerprint density at radius 2 is 1.15 bits per heavy atom. The van der Waals surface area contributed by atoms with E-state index >= 15 is 0 Å². The van der Waals surface area contributed by atoms with Crippen molar-refractivity contribution in [3.63, 3.8) is 0 Å². The van der Waals surface area contributed by atoms with Crippen LogP contribution in [0.4, 0.5) is 17.1 Å². The zero-order chi connectivity index (χ0) is 23.1. The Kier molecular flexibility index (Phi) is 4.77. The summed E-state index contributed by atoms with van der Waals surface area (Å²) in [5.74, 6) is 0.929. The van der Waals surface area contributed by atoms with E-state index in [0.717, 1.165) is 39.7 Å². The Bertz CT molecular complexity index is 1440. The zero-order valence-electron chi connectivity index (χ0n) is 19.2. The van der Waals surface area contributed by atoms with Gasteiger partial charge in [-0.2, -0.15) is 0 Å². The summed E-state index contributed by atoms with van der Waals surface area (Å²) in [6.45, 7) is 3.86. The monoisotopic (exact) mass is 443 g/mol. The first kappa shape index (κ1) is 20.4. The number of nitrogens with zero attached hydrogens (tertiary/aromatic N) is 1. The number of benzene rings is 5. The summed E-state index contributed by atoms with van der Waals surface area (Å²) in [5.41, 5.74) is 5.65. The van der Waals surface area contributed by atoms with E-state index in [2.05, 4.69) is 114 Å². The van der Waals surface area contributed by atoms with E-state index in [0.29, 0.717) is 0 Å². The van der Waals surface area contributed by atoms with Gasteiger partial charge in [0, 0.05) is 30.6 Å². The Hall–Kier alpha value is -4.24. The minimum Gasteiger partial charge on any atom is -0.449 e. The van der Waals surface area contributed by atoms with E-state index < -0.39 is 5.79 Å². The molecule has 0 saturated heterocycles.